The van der Waals surface area contributed by atoms with Crippen molar-refractivity contribution in [2.24, 2.45) is 0 Å². The third-order valence-electron chi connectivity index (χ3n) is 5.12. The zero-order valence-electron chi connectivity index (χ0n) is 18.3. The Labute approximate surface area is 189 Å². The molecule has 1 N–H and O–H groups in total. The van der Waals surface area contributed by atoms with E-state index in [1.807, 2.05) is 12.1 Å². The van der Waals surface area contributed by atoms with Crippen molar-refractivity contribution < 1.29 is 19.1 Å². The molecular formula is C25H30ClNO4. The van der Waals surface area contributed by atoms with E-state index in [9.17, 15) is 9.59 Å². The Kier molecular flexibility index (Phi) is 7.60. The van der Waals surface area contributed by atoms with Gasteiger partial charge in [0.1, 0.15) is 17.4 Å². The number of alkyl carbamates (subject to hydrolysis) is 1. The molecule has 5 nitrogen and oxygen atoms in total. The van der Waals surface area contributed by atoms with Crippen LogP contribution in [-0.4, -0.2) is 23.6 Å². The van der Waals surface area contributed by atoms with E-state index < -0.39 is 17.7 Å². The molecule has 0 saturated heterocycles. The van der Waals surface area contributed by atoms with Crippen LogP contribution in [0.1, 0.15) is 74.8 Å². The lowest BCUT2D eigenvalue weighted by Crippen LogP contribution is -2.38. The quantitative estimate of drug-likeness (QED) is 0.517. The topological polar surface area (TPSA) is 64.6 Å². The summed E-state index contributed by atoms with van der Waals surface area (Å²) in [5, 5.41) is 3.26. The largest absolute Gasteiger partial charge is 0.490 e. The first-order valence-electron chi connectivity index (χ1n) is 10.8. The summed E-state index contributed by atoms with van der Waals surface area (Å²) in [6.07, 6.45) is 5.38. The van der Waals surface area contributed by atoms with Crippen molar-refractivity contribution in [2.75, 3.05) is 0 Å². The molecule has 1 aliphatic rings. The number of ketones is 1. The Bertz CT molecular complexity index is 881. The lowest BCUT2D eigenvalue weighted by molar-refractivity contribution is 0.0490. The average molecular weight is 444 g/mol. The summed E-state index contributed by atoms with van der Waals surface area (Å²) in [5.74, 6) is 0.518. The first-order valence-corrected chi connectivity index (χ1v) is 11.1. The molecule has 1 amide bonds. The number of Topliss-reactive ketones (excluding diaryl/α,β-unsaturated/α-hetero) is 1. The minimum absolute atomic E-state index is 0.239. The van der Waals surface area contributed by atoms with Gasteiger partial charge in [0, 0.05) is 10.6 Å². The zero-order chi connectivity index (χ0) is 22.4. The van der Waals surface area contributed by atoms with Crippen LogP contribution >= 0.6 is 11.6 Å². The van der Waals surface area contributed by atoms with Crippen LogP contribution in [0.15, 0.2) is 48.5 Å². The SMILES string of the molecule is CC(C)(C)OC(=O)NC(C(=O)c1ccc(OC2CCCCC2)cc1)c1ccc(Cl)cc1. The maximum Gasteiger partial charge on any atom is 0.408 e. The van der Waals surface area contributed by atoms with Gasteiger partial charge in [-0.25, -0.2) is 4.79 Å². The van der Waals surface area contributed by atoms with Crippen molar-refractivity contribution in [1.29, 1.82) is 0 Å². The van der Waals surface area contributed by atoms with Crippen molar-refractivity contribution in [3.05, 3.63) is 64.7 Å². The molecule has 1 fully saturated rings. The fraction of sp³-hybridized carbons (Fsp3) is 0.440. The van der Waals surface area contributed by atoms with Crippen LogP contribution in [0.5, 0.6) is 5.75 Å². The summed E-state index contributed by atoms with van der Waals surface area (Å²) in [4.78, 5) is 25.7. The molecule has 0 aromatic heterocycles. The Hall–Kier alpha value is -2.53. The lowest BCUT2D eigenvalue weighted by atomic mass is 9.97. The number of carbonyl (C=O) groups excluding carboxylic acids is 2. The van der Waals surface area contributed by atoms with E-state index in [2.05, 4.69) is 5.32 Å². The average Bonchev–Trinajstić information content (AvgIpc) is 2.72. The minimum atomic E-state index is -0.891. The summed E-state index contributed by atoms with van der Waals surface area (Å²) in [5.41, 5.74) is 0.435. The highest BCUT2D eigenvalue weighted by molar-refractivity contribution is 6.30. The van der Waals surface area contributed by atoms with Gasteiger partial charge in [0.25, 0.3) is 0 Å². The smallest absolute Gasteiger partial charge is 0.408 e. The van der Waals surface area contributed by atoms with E-state index in [1.165, 1.54) is 19.3 Å². The van der Waals surface area contributed by atoms with Crippen LogP contribution < -0.4 is 10.1 Å². The van der Waals surface area contributed by atoms with Crippen LogP contribution in [0.25, 0.3) is 0 Å². The predicted octanol–water partition coefficient (Wildman–Crippen LogP) is 6.50. The van der Waals surface area contributed by atoms with Gasteiger partial charge in [-0.05, 0) is 88.4 Å². The van der Waals surface area contributed by atoms with Crippen molar-refractivity contribution in [2.45, 2.75) is 70.6 Å². The molecule has 166 valence electrons. The molecule has 3 rings (SSSR count). The monoisotopic (exact) mass is 443 g/mol. The highest BCUT2D eigenvalue weighted by atomic mass is 35.5. The fourth-order valence-corrected chi connectivity index (χ4v) is 3.75. The van der Waals surface area contributed by atoms with Gasteiger partial charge in [-0.3, -0.25) is 4.79 Å². The van der Waals surface area contributed by atoms with E-state index in [0.29, 0.717) is 16.1 Å². The standard InChI is InChI=1S/C25H30ClNO4/c1-25(2,3)31-24(29)27-22(17-9-13-19(26)14-10-17)23(28)18-11-15-21(16-12-18)30-20-7-5-4-6-8-20/h9-16,20,22H,4-8H2,1-3H3,(H,27,29). The van der Waals surface area contributed by atoms with Gasteiger partial charge in [-0.1, -0.05) is 30.2 Å². The lowest BCUT2D eigenvalue weighted by Gasteiger charge is -2.24. The van der Waals surface area contributed by atoms with Gasteiger partial charge in [0.2, 0.25) is 0 Å². The van der Waals surface area contributed by atoms with Crippen molar-refractivity contribution in [3.63, 3.8) is 0 Å². The van der Waals surface area contributed by atoms with Gasteiger partial charge in [0.15, 0.2) is 5.78 Å². The summed E-state index contributed by atoms with van der Waals surface area (Å²) >= 11 is 5.99. The first kappa shape index (κ1) is 23.1. The molecule has 31 heavy (non-hydrogen) atoms. The van der Waals surface area contributed by atoms with Gasteiger partial charge >= 0.3 is 6.09 Å². The first-order chi connectivity index (χ1) is 14.7. The van der Waals surface area contributed by atoms with Crippen LogP contribution in [0, 0.1) is 0 Å². The number of hydrogen-bond donors (Lipinski definition) is 1. The summed E-state index contributed by atoms with van der Waals surface area (Å²) in [7, 11) is 0. The molecule has 6 heteroatoms. The molecule has 1 saturated carbocycles. The number of nitrogens with one attached hydrogen (secondary N) is 1. The Morgan fingerprint density at radius 3 is 2.16 bits per heavy atom. The van der Waals surface area contributed by atoms with Gasteiger partial charge in [-0.15, -0.1) is 0 Å². The second kappa shape index (κ2) is 10.2. The van der Waals surface area contributed by atoms with E-state index in [0.717, 1.165) is 18.6 Å². The molecule has 1 unspecified atom stereocenters. The highest BCUT2D eigenvalue weighted by Crippen LogP contribution is 2.26. The molecular weight excluding hydrogens is 414 g/mol. The maximum absolute atomic E-state index is 13.3. The molecule has 0 aliphatic heterocycles. The highest BCUT2D eigenvalue weighted by Gasteiger charge is 2.27. The Morgan fingerprint density at radius 2 is 1.58 bits per heavy atom. The molecule has 1 atom stereocenters. The van der Waals surface area contributed by atoms with Crippen molar-refractivity contribution in [3.8, 4) is 5.75 Å². The molecule has 2 aromatic rings. The van der Waals surface area contributed by atoms with Crippen molar-refractivity contribution in [1.82, 2.24) is 5.32 Å². The number of hydrogen-bond acceptors (Lipinski definition) is 4. The molecule has 0 bridgehead atoms. The number of halogens is 1. The second-order valence-electron chi connectivity index (χ2n) is 8.90. The third-order valence-corrected chi connectivity index (χ3v) is 5.37. The fourth-order valence-electron chi connectivity index (χ4n) is 3.62. The Balaban J connectivity index is 1.76. The molecule has 0 heterocycles. The molecule has 2 aromatic carbocycles. The molecule has 0 spiro atoms. The van der Waals surface area contributed by atoms with Crippen LogP contribution in [-0.2, 0) is 4.74 Å². The number of ether oxygens (including phenoxy) is 2. The Morgan fingerprint density at radius 1 is 0.968 bits per heavy atom. The van der Waals surface area contributed by atoms with Gasteiger partial charge < -0.3 is 14.8 Å². The molecule has 0 radical (unpaired) electrons. The van der Waals surface area contributed by atoms with Crippen molar-refractivity contribution >= 4 is 23.5 Å². The minimum Gasteiger partial charge on any atom is -0.490 e. The summed E-state index contributed by atoms with van der Waals surface area (Å²) < 4.78 is 11.4. The normalized spacial score (nSPS) is 15.7. The molecule has 1 aliphatic carbocycles. The van der Waals surface area contributed by atoms with Crippen LogP contribution in [0.4, 0.5) is 4.79 Å². The number of rotatable bonds is 6. The summed E-state index contributed by atoms with van der Waals surface area (Å²) in [6, 6.07) is 13.0. The maximum atomic E-state index is 13.3. The third kappa shape index (κ3) is 7.00. The van der Waals surface area contributed by atoms with Gasteiger partial charge in [-0.2, -0.15) is 0 Å². The summed E-state index contributed by atoms with van der Waals surface area (Å²) in [6.45, 7) is 5.32. The van der Waals surface area contributed by atoms with E-state index >= 15 is 0 Å². The predicted molar refractivity (Wildman–Crippen MR) is 122 cm³/mol. The number of benzene rings is 2. The second-order valence-corrected chi connectivity index (χ2v) is 9.33. The van der Waals surface area contributed by atoms with E-state index in [-0.39, 0.29) is 11.9 Å². The van der Waals surface area contributed by atoms with E-state index in [1.54, 1.807) is 57.2 Å². The van der Waals surface area contributed by atoms with E-state index in [4.69, 9.17) is 21.1 Å². The number of carbonyl (C=O) groups is 2. The van der Waals surface area contributed by atoms with Gasteiger partial charge in [0.05, 0.1) is 6.10 Å². The zero-order valence-corrected chi connectivity index (χ0v) is 19.1. The number of amides is 1. The van der Waals surface area contributed by atoms with Crippen LogP contribution in [0.2, 0.25) is 5.02 Å². The van der Waals surface area contributed by atoms with Crippen LogP contribution in [0.3, 0.4) is 0 Å².